The molecule has 1 fully saturated rings. The Hall–Kier alpha value is -2.24. The molecule has 0 aromatic heterocycles. The van der Waals surface area contributed by atoms with Crippen molar-refractivity contribution in [2.45, 2.75) is 20.0 Å². The van der Waals surface area contributed by atoms with Gasteiger partial charge in [0.25, 0.3) is 11.1 Å². The summed E-state index contributed by atoms with van der Waals surface area (Å²) in [5.74, 6) is 0.416. The number of para-hydroxylation sites is 1. The van der Waals surface area contributed by atoms with Crippen LogP contribution in [-0.4, -0.2) is 22.6 Å². The fraction of sp³-hybridized carbons (Fsp3) is 0.200. The summed E-state index contributed by atoms with van der Waals surface area (Å²) >= 11 is 6.86. The van der Waals surface area contributed by atoms with Gasteiger partial charge in [-0.15, -0.1) is 0 Å². The smallest absolute Gasteiger partial charge is 0.293 e. The van der Waals surface area contributed by atoms with E-state index >= 15 is 0 Å². The SMILES string of the molecule is CCCN1C(=O)SC(=Cc2ccccc2OCc2ccc(Cl)cc2)C1=O. The van der Waals surface area contributed by atoms with Crippen LogP contribution in [0.25, 0.3) is 6.08 Å². The predicted molar refractivity (Wildman–Crippen MR) is 105 cm³/mol. The van der Waals surface area contributed by atoms with Crippen LogP contribution in [0.4, 0.5) is 4.79 Å². The molecule has 0 radical (unpaired) electrons. The average molecular weight is 388 g/mol. The normalized spacial score (nSPS) is 15.8. The number of carbonyl (C=O) groups is 2. The maximum Gasteiger partial charge on any atom is 0.293 e. The summed E-state index contributed by atoms with van der Waals surface area (Å²) in [6.07, 6.45) is 2.46. The minimum Gasteiger partial charge on any atom is -0.488 e. The molecule has 0 atom stereocenters. The molecule has 6 heteroatoms. The van der Waals surface area contributed by atoms with Crippen molar-refractivity contribution in [3.63, 3.8) is 0 Å². The van der Waals surface area contributed by atoms with Gasteiger partial charge in [-0.3, -0.25) is 14.5 Å². The summed E-state index contributed by atoms with van der Waals surface area (Å²) in [4.78, 5) is 26.1. The van der Waals surface area contributed by atoms with Crippen LogP contribution in [0.3, 0.4) is 0 Å². The maximum atomic E-state index is 12.4. The molecular formula is C20H18ClNO3S. The fourth-order valence-electron chi connectivity index (χ4n) is 2.53. The van der Waals surface area contributed by atoms with Crippen LogP contribution in [0.1, 0.15) is 24.5 Å². The first-order valence-electron chi connectivity index (χ1n) is 8.30. The van der Waals surface area contributed by atoms with Gasteiger partial charge in [0.1, 0.15) is 12.4 Å². The lowest BCUT2D eigenvalue weighted by molar-refractivity contribution is -0.122. The molecule has 2 aromatic carbocycles. The number of hydrogen-bond donors (Lipinski definition) is 0. The van der Waals surface area contributed by atoms with Crippen LogP contribution in [0.5, 0.6) is 5.75 Å². The lowest BCUT2D eigenvalue weighted by Gasteiger charge is -2.11. The first-order valence-corrected chi connectivity index (χ1v) is 9.49. The van der Waals surface area contributed by atoms with E-state index < -0.39 is 0 Å². The lowest BCUT2D eigenvalue weighted by atomic mass is 10.1. The Morgan fingerprint density at radius 3 is 2.58 bits per heavy atom. The van der Waals surface area contributed by atoms with Crippen LogP contribution in [0, 0.1) is 0 Å². The van der Waals surface area contributed by atoms with Gasteiger partial charge in [-0.05, 0) is 48.0 Å². The Kier molecular flexibility index (Phi) is 6.01. The summed E-state index contributed by atoms with van der Waals surface area (Å²) < 4.78 is 5.90. The molecule has 134 valence electrons. The Labute approximate surface area is 161 Å². The molecule has 1 heterocycles. The van der Waals surface area contributed by atoms with E-state index in [1.807, 2.05) is 55.5 Å². The van der Waals surface area contributed by atoms with E-state index in [1.165, 1.54) is 4.90 Å². The summed E-state index contributed by atoms with van der Waals surface area (Å²) in [5.41, 5.74) is 1.76. The Morgan fingerprint density at radius 2 is 1.85 bits per heavy atom. The highest BCUT2D eigenvalue weighted by Crippen LogP contribution is 2.34. The molecule has 1 aliphatic heterocycles. The molecule has 0 unspecified atom stereocenters. The summed E-state index contributed by atoms with van der Waals surface area (Å²) in [6, 6.07) is 14.9. The first-order chi connectivity index (χ1) is 12.6. The second-order valence-corrected chi connectivity index (χ2v) is 7.22. The van der Waals surface area contributed by atoms with Gasteiger partial charge in [-0.2, -0.15) is 0 Å². The molecule has 0 saturated carbocycles. The number of carbonyl (C=O) groups excluding carboxylic acids is 2. The van der Waals surface area contributed by atoms with Gasteiger partial charge in [-0.25, -0.2) is 0 Å². The first kappa shape index (κ1) is 18.5. The maximum absolute atomic E-state index is 12.4. The van der Waals surface area contributed by atoms with E-state index in [2.05, 4.69) is 0 Å². The Bertz CT molecular complexity index is 848. The third-order valence-electron chi connectivity index (χ3n) is 3.83. The number of ether oxygens (including phenoxy) is 1. The molecular weight excluding hydrogens is 370 g/mol. The standard InChI is InChI=1S/C20H18ClNO3S/c1-2-11-22-19(23)18(26-20(22)24)12-15-5-3-4-6-17(15)25-13-14-7-9-16(21)10-8-14/h3-10,12H,2,11,13H2,1H3. The molecule has 0 aliphatic carbocycles. The van der Waals surface area contributed by atoms with E-state index in [1.54, 1.807) is 6.08 Å². The van der Waals surface area contributed by atoms with Crippen molar-refractivity contribution in [1.29, 1.82) is 0 Å². The van der Waals surface area contributed by atoms with Crippen molar-refractivity contribution < 1.29 is 14.3 Å². The number of imide groups is 1. The largest absolute Gasteiger partial charge is 0.488 e. The van der Waals surface area contributed by atoms with Crippen molar-refractivity contribution in [3.8, 4) is 5.75 Å². The summed E-state index contributed by atoms with van der Waals surface area (Å²) in [6.45, 7) is 2.77. The van der Waals surface area contributed by atoms with Crippen LogP contribution in [-0.2, 0) is 11.4 Å². The van der Waals surface area contributed by atoms with Gasteiger partial charge in [0.15, 0.2) is 0 Å². The van der Waals surface area contributed by atoms with Crippen molar-refractivity contribution in [3.05, 3.63) is 69.6 Å². The molecule has 2 aromatic rings. The van der Waals surface area contributed by atoms with Gasteiger partial charge < -0.3 is 4.74 Å². The van der Waals surface area contributed by atoms with E-state index in [-0.39, 0.29) is 11.1 Å². The van der Waals surface area contributed by atoms with E-state index in [0.29, 0.717) is 28.8 Å². The summed E-state index contributed by atoms with van der Waals surface area (Å²) in [7, 11) is 0. The van der Waals surface area contributed by atoms with Gasteiger partial charge in [0.05, 0.1) is 4.91 Å². The van der Waals surface area contributed by atoms with E-state index in [9.17, 15) is 9.59 Å². The molecule has 0 bridgehead atoms. The van der Waals surface area contributed by atoms with Crippen molar-refractivity contribution in [2.24, 2.45) is 0 Å². The number of amides is 2. The zero-order chi connectivity index (χ0) is 18.5. The number of halogens is 1. The highest BCUT2D eigenvalue weighted by molar-refractivity contribution is 8.18. The minimum atomic E-state index is -0.241. The molecule has 26 heavy (non-hydrogen) atoms. The highest BCUT2D eigenvalue weighted by atomic mass is 35.5. The number of rotatable bonds is 6. The van der Waals surface area contributed by atoms with Crippen LogP contribution in [0.2, 0.25) is 5.02 Å². The van der Waals surface area contributed by atoms with Crippen molar-refractivity contribution in [2.75, 3.05) is 6.54 Å². The second-order valence-electron chi connectivity index (χ2n) is 5.79. The van der Waals surface area contributed by atoms with E-state index in [4.69, 9.17) is 16.3 Å². The number of thioether (sulfide) groups is 1. The van der Waals surface area contributed by atoms with Crippen molar-refractivity contribution in [1.82, 2.24) is 4.90 Å². The van der Waals surface area contributed by atoms with Crippen molar-refractivity contribution >= 4 is 40.6 Å². The van der Waals surface area contributed by atoms with Gasteiger partial charge >= 0.3 is 0 Å². The third kappa shape index (κ3) is 4.29. The summed E-state index contributed by atoms with van der Waals surface area (Å²) in [5, 5.41) is 0.458. The quantitative estimate of drug-likeness (QED) is 0.625. The molecule has 4 nitrogen and oxygen atoms in total. The van der Waals surface area contributed by atoms with Crippen LogP contribution in [0.15, 0.2) is 53.4 Å². The topological polar surface area (TPSA) is 46.6 Å². The number of hydrogen-bond acceptors (Lipinski definition) is 4. The second kappa shape index (κ2) is 8.43. The molecule has 1 saturated heterocycles. The average Bonchev–Trinajstić information content (AvgIpc) is 2.90. The van der Waals surface area contributed by atoms with Gasteiger partial charge in [-0.1, -0.05) is 48.9 Å². The molecule has 0 spiro atoms. The predicted octanol–water partition coefficient (Wildman–Crippen LogP) is 5.37. The molecule has 0 N–H and O–H groups in total. The van der Waals surface area contributed by atoms with Gasteiger partial charge in [0.2, 0.25) is 0 Å². The van der Waals surface area contributed by atoms with Crippen LogP contribution >= 0.6 is 23.4 Å². The monoisotopic (exact) mass is 387 g/mol. The molecule has 3 rings (SSSR count). The Balaban J connectivity index is 1.78. The van der Waals surface area contributed by atoms with Crippen LogP contribution < -0.4 is 4.74 Å². The highest BCUT2D eigenvalue weighted by Gasteiger charge is 2.34. The zero-order valence-electron chi connectivity index (χ0n) is 14.3. The fourth-order valence-corrected chi connectivity index (χ4v) is 3.51. The molecule has 2 amide bonds. The Morgan fingerprint density at radius 1 is 1.12 bits per heavy atom. The number of nitrogens with zero attached hydrogens (tertiary/aromatic N) is 1. The van der Waals surface area contributed by atoms with Gasteiger partial charge in [0, 0.05) is 17.1 Å². The lowest BCUT2D eigenvalue weighted by Crippen LogP contribution is -2.28. The number of benzene rings is 2. The zero-order valence-corrected chi connectivity index (χ0v) is 15.8. The third-order valence-corrected chi connectivity index (χ3v) is 4.99. The minimum absolute atomic E-state index is 0.220. The van der Waals surface area contributed by atoms with E-state index in [0.717, 1.165) is 29.3 Å². The molecule has 1 aliphatic rings.